The van der Waals surface area contributed by atoms with E-state index in [1.807, 2.05) is 24.5 Å². The number of piperidine rings is 1. The minimum Gasteiger partial charge on any atom is -0.370 e. The highest BCUT2D eigenvalue weighted by Crippen LogP contribution is 2.21. The molecule has 3 nitrogen and oxygen atoms in total. The van der Waals surface area contributed by atoms with Crippen molar-refractivity contribution in [2.75, 3.05) is 25.0 Å². The van der Waals surface area contributed by atoms with E-state index in [1.165, 1.54) is 11.3 Å². The van der Waals surface area contributed by atoms with Gasteiger partial charge in [0.1, 0.15) is 0 Å². The zero-order valence-corrected chi connectivity index (χ0v) is 9.56. The first-order valence-electron chi connectivity index (χ1n) is 5.57. The molecule has 16 heavy (non-hydrogen) atoms. The Kier molecular flexibility index (Phi) is 3.55. The molecule has 0 bridgehead atoms. The number of hydrogen-bond donors (Lipinski definition) is 0. The van der Waals surface area contributed by atoms with Gasteiger partial charge in [-0.1, -0.05) is 10.4 Å². The van der Waals surface area contributed by atoms with Crippen molar-refractivity contribution in [2.24, 2.45) is 0 Å². The van der Waals surface area contributed by atoms with Crippen molar-refractivity contribution < 1.29 is 0 Å². The van der Waals surface area contributed by atoms with Gasteiger partial charge in [-0.15, -0.1) is 0 Å². The molecule has 1 aliphatic heterocycles. The fourth-order valence-corrected chi connectivity index (χ4v) is 1.89. The second-order valence-electron chi connectivity index (χ2n) is 3.85. The maximum absolute atomic E-state index is 4.14. The number of rotatable bonds is 1. The van der Waals surface area contributed by atoms with Crippen molar-refractivity contribution in [1.29, 1.82) is 0 Å². The lowest BCUT2D eigenvalue weighted by Gasteiger charge is -2.29. The van der Waals surface area contributed by atoms with E-state index in [0.29, 0.717) is 0 Å². The van der Waals surface area contributed by atoms with Crippen LogP contribution in [0.1, 0.15) is 12.8 Å². The summed E-state index contributed by atoms with van der Waals surface area (Å²) in [6.45, 7) is 2.12. The predicted octanol–water partition coefficient (Wildman–Crippen LogP) is 2.57. The van der Waals surface area contributed by atoms with Gasteiger partial charge in [-0.3, -0.25) is 4.98 Å². The smallest absolute Gasteiger partial charge is 0.302 e. The molecule has 0 radical (unpaired) electrons. The summed E-state index contributed by atoms with van der Waals surface area (Å²) < 4.78 is 0. The molecule has 1 aromatic heterocycles. The van der Waals surface area contributed by atoms with Crippen LogP contribution in [0.2, 0.25) is 0 Å². The Labute approximate surface area is 96.2 Å². The number of aromatic nitrogens is 1. The molecule has 1 fully saturated rings. The van der Waals surface area contributed by atoms with Crippen LogP contribution in [0, 0.1) is 6.07 Å². The van der Waals surface area contributed by atoms with Crippen LogP contribution in [0.15, 0.2) is 36.2 Å². The van der Waals surface area contributed by atoms with E-state index in [1.54, 1.807) is 7.05 Å². The Hall–Kier alpha value is -1.82. The van der Waals surface area contributed by atoms with Crippen LogP contribution in [-0.2, 0) is 0 Å². The summed E-state index contributed by atoms with van der Waals surface area (Å²) in [6.07, 6.45) is 7.94. The average molecular weight is 214 g/mol. The van der Waals surface area contributed by atoms with Crippen LogP contribution in [0.4, 0.5) is 5.69 Å². The van der Waals surface area contributed by atoms with Gasteiger partial charge in [0.05, 0.1) is 18.0 Å². The summed E-state index contributed by atoms with van der Waals surface area (Å²) in [5, 5.41) is 0. The van der Waals surface area contributed by atoms with Gasteiger partial charge in [-0.25, -0.2) is 0 Å². The van der Waals surface area contributed by atoms with E-state index in [0.717, 1.165) is 25.9 Å². The van der Waals surface area contributed by atoms with Crippen molar-refractivity contribution in [3.63, 3.8) is 0 Å². The Morgan fingerprint density at radius 1 is 1.44 bits per heavy atom. The number of allylic oxidation sites excluding steroid dienone is 1. The molecule has 0 unspecified atom stereocenters. The average Bonchev–Trinajstić information content (AvgIpc) is 2.38. The van der Waals surface area contributed by atoms with Gasteiger partial charge in [0.25, 0.3) is 7.05 Å². The Bertz CT molecular complexity index is 415. The molecule has 0 aliphatic carbocycles. The second-order valence-corrected chi connectivity index (χ2v) is 3.85. The molecular formula is C13H16N3+. The van der Waals surface area contributed by atoms with E-state index in [4.69, 9.17) is 0 Å². The molecule has 1 aromatic rings. The van der Waals surface area contributed by atoms with Crippen LogP contribution in [0.5, 0.6) is 0 Å². The summed E-state index contributed by atoms with van der Waals surface area (Å²) in [4.78, 5) is 10.4. The number of anilines is 1. The molecule has 0 N–H and O–H groups in total. The van der Waals surface area contributed by atoms with Crippen LogP contribution in [-0.4, -0.2) is 25.1 Å². The maximum Gasteiger partial charge on any atom is 0.302 e. The topological polar surface area (TPSA) is 20.5 Å². The molecule has 82 valence electrons. The Morgan fingerprint density at radius 2 is 2.25 bits per heavy atom. The lowest BCUT2D eigenvalue weighted by atomic mass is 10.0. The minimum absolute atomic E-state index is 1.06. The van der Waals surface area contributed by atoms with Crippen molar-refractivity contribution in [3.8, 4) is 6.07 Å². The van der Waals surface area contributed by atoms with Gasteiger partial charge in [0, 0.05) is 19.3 Å². The first kappa shape index (κ1) is 10.7. The zero-order valence-electron chi connectivity index (χ0n) is 9.56. The standard InChI is InChI=1S/C13H16N3/c1-14-8-4-12-5-9-16(10-6-12)13-3-2-7-15-11-13/h2-4,7,11H,5-6,9-10H2,1H3/q+1. The SMILES string of the molecule is C[N+]#CC=C1CCN(c2cccnc2)CC1. The summed E-state index contributed by atoms with van der Waals surface area (Å²) >= 11 is 0. The summed E-state index contributed by atoms with van der Waals surface area (Å²) in [6, 6.07) is 7.00. The van der Waals surface area contributed by atoms with Crippen molar-refractivity contribution in [3.05, 3.63) is 41.0 Å². The van der Waals surface area contributed by atoms with E-state index >= 15 is 0 Å². The second kappa shape index (κ2) is 5.32. The largest absolute Gasteiger partial charge is 0.370 e. The quantitative estimate of drug-likeness (QED) is 0.670. The molecule has 3 heteroatoms. The van der Waals surface area contributed by atoms with Gasteiger partial charge in [-0.05, 0) is 25.0 Å². The molecule has 0 saturated carbocycles. The highest BCUT2D eigenvalue weighted by atomic mass is 15.1. The first-order valence-corrected chi connectivity index (χ1v) is 5.57. The lowest BCUT2D eigenvalue weighted by molar-refractivity contribution is 0.684. The Balaban J connectivity index is 1.97. The minimum atomic E-state index is 1.06. The molecule has 0 aromatic carbocycles. The molecule has 0 spiro atoms. The molecule has 2 rings (SSSR count). The van der Waals surface area contributed by atoms with E-state index in [9.17, 15) is 0 Å². The fraction of sp³-hybridized carbons (Fsp3) is 0.385. The van der Waals surface area contributed by atoms with Gasteiger partial charge in [0.15, 0.2) is 0 Å². The van der Waals surface area contributed by atoms with Gasteiger partial charge in [-0.2, -0.15) is 0 Å². The van der Waals surface area contributed by atoms with Crippen molar-refractivity contribution in [2.45, 2.75) is 12.8 Å². The zero-order chi connectivity index (χ0) is 11.2. The van der Waals surface area contributed by atoms with Crippen LogP contribution in [0.3, 0.4) is 0 Å². The molecule has 1 aliphatic rings. The number of pyridine rings is 1. The van der Waals surface area contributed by atoms with Crippen LogP contribution < -0.4 is 4.90 Å². The highest BCUT2D eigenvalue weighted by molar-refractivity contribution is 5.45. The van der Waals surface area contributed by atoms with Gasteiger partial charge < -0.3 is 4.90 Å². The lowest BCUT2D eigenvalue weighted by Crippen LogP contribution is -2.30. The third kappa shape index (κ3) is 2.60. The Morgan fingerprint density at radius 3 is 2.88 bits per heavy atom. The molecule has 0 amide bonds. The normalized spacial score (nSPS) is 15.3. The molecule has 2 heterocycles. The van der Waals surface area contributed by atoms with E-state index in [2.05, 4.69) is 26.9 Å². The van der Waals surface area contributed by atoms with Crippen molar-refractivity contribution >= 4 is 5.69 Å². The monoisotopic (exact) mass is 214 g/mol. The van der Waals surface area contributed by atoms with Gasteiger partial charge in [0.2, 0.25) is 0 Å². The highest BCUT2D eigenvalue weighted by Gasteiger charge is 2.14. The van der Waals surface area contributed by atoms with Crippen LogP contribution in [0.25, 0.3) is 4.85 Å². The van der Waals surface area contributed by atoms with E-state index in [-0.39, 0.29) is 0 Å². The summed E-state index contributed by atoms with van der Waals surface area (Å²) in [7, 11) is 1.75. The number of nitrogens with zero attached hydrogens (tertiary/aromatic N) is 3. The van der Waals surface area contributed by atoms with Gasteiger partial charge >= 0.3 is 6.07 Å². The maximum atomic E-state index is 4.14. The van der Waals surface area contributed by atoms with Crippen molar-refractivity contribution in [1.82, 2.24) is 4.98 Å². The third-order valence-electron chi connectivity index (χ3n) is 2.81. The number of hydrogen-bond acceptors (Lipinski definition) is 2. The van der Waals surface area contributed by atoms with Crippen LogP contribution >= 0.6 is 0 Å². The predicted molar refractivity (Wildman–Crippen MR) is 66.9 cm³/mol. The van der Waals surface area contributed by atoms with E-state index < -0.39 is 0 Å². The fourth-order valence-electron chi connectivity index (χ4n) is 1.89. The third-order valence-corrected chi connectivity index (χ3v) is 2.81. The summed E-state index contributed by atoms with van der Waals surface area (Å²) in [5.41, 5.74) is 2.65. The molecular weight excluding hydrogens is 198 g/mol. The summed E-state index contributed by atoms with van der Waals surface area (Å²) in [5.74, 6) is 0. The molecule has 1 saturated heterocycles. The molecule has 0 atom stereocenters. The first-order chi connectivity index (χ1) is 7.90.